The average Bonchev–Trinajstić information content (AvgIpc) is 2.39. The third kappa shape index (κ3) is 2.15. The van der Waals surface area contributed by atoms with Gasteiger partial charge >= 0.3 is 0 Å². The lowest BCUT2D eigenvalue weighted by atomic mass is 9.87. The molecule has 0 aliphatic carbocycles. The van der Waals surface area contributed by atoms with E-state index in [1.54, 1.807) is 0 Å². The van der Waals surface area contributed by atoms with Gasteiger partial charge in [-0.3, -0.25) is 0 Å². The van der Waals surface area contributed by atoms with Crippen molar-refractivity contribution in [3.05, 3.63) is 69.7 Å². The van der Waals surface area contributed by atoms with Crippen LogP contribution in [0.4, 0.5) is 0 Å². The molecule has 0 aromatic heterocycles. The highest BCUT2D eigenvalue weighted by Crippen LogP contribution is 2.32. The lowest BCUT2D eigenvalue weighted by Gasteiger charge is -2.26. The first-order valence-electron chi connectivity index (χ1n) is 5.75. The molecule has 2 heteroatoms. The molecule has 0 N–H and O–H groups in total. The number of fused-ring (bicyclic) bond motifs is 1. The summed E-state index contributed by atoms with van der Waals surface area (Å²) in [5.74, 6) is 0.369. The van der Waals surface area contributed by atoms with Crippen molar-refractivity contribution in [2.45, 2.75) is 12.5 Å². The van der Waals surface area contributed by atoms with E-state index in [2.05, 4.69) is 64.5 Å². The van der Waals surface area contributed by atoms with E-state index in [1.807, 2.05) is 0 Å². The largest absolute Gasteiger partial charge is 0.376 e. The third-order valence-electron chi connectivity index (χ3n) is 3.24. The van der Waals surface area contributed by atoms with E-state index < -0.39 is 0 Å². The van der Waals surface area contributed by atoms with Crippen molar-refractivity contribution in [3.8, 4) is 0 Å². The van der Waals surface area contributed by atoms with Gasteiger partial charge in [0.25, 0.3) is 0 Å². The van der Waals surface area contributed by atoms with Crippen LogP contribution in [0, 0.1) is 0 Å². The fourth-order valence-corrected chi connectivity index (χ4v) is 2.62. The summed E-state index contributed by atoms with van der Waals surface area (Å²) in [4.78, 5) is 0. The van der Waals surface area contributed by atoms with Crippen LogP contribution in [-0.2, 0) is 11.3 Å². The normalized spacial score (nSPS) is 18.8. The standard InChI is InChI=1S/C15H13BrO/c16-13-7-5-11(6-8-13)15-10-17-9-12-3-1-2-4-14(12)15/h1-8,15H,9-10H2. The highest BCUT2D eigenvalue weighted by molar-refractivity contribution is 9.10. The Balaban J connectivity index is 2.03. The first-order chi connectivity index (χ1) is 8.34. The molecule has 1 aliphatic heterocycles. The van der Waals surface area contributed by atoms with E-state index in [0.29, 0.717) is 5.92 Å². The summed E-state index contributed by atoms with van der Waals surface area (Å²) in [6.07, 6.45) is 0. The molecule has 3 rings (SSSR count). The molecule has 2 aromatic carbocycles. The molecule has 0 saturated carbocycles. The SMILES string of the molecule is Brc1ccc(C2COCc3ccccc32)cc1. The number of ether oxygens (including phenoxy) is 1. The van der Waals surface area contributed by atoms with Crippen molar-refractivity contribution in [1.29, 1.82) is 0 Å². The Morgan fingerprint density at radius 1 is 1.00 bits per heavy atom. The predicted octanol–water partition coefficient (Wildman–Crippen LogP) is 4.11. The van der Waals surface area contributed by atoms with E-state index in [9.17, 15) is 0 Å². The Labute approximate surface area is 110 Å². The summed E-state index contributed by atoms with van der Waals surface area (Å²) >= 11 is 3.47. The van der Waals surface area contributed by atoms with Crippen LogP contribution < -0.4 is 0 Å². The molecule has 1 aliphatic rings. The van der Waals surface area contributed by atoms with Crippen molar-refractivity contribution in [2.75, 3.05) is 6.61 Å². The fraction of sp³-hybridized carbons (Fsp3) is 0.200. The molecule has 0 spiro atoms. The summed E-state index contributed by atoms with van der Waals surface area (Å²) in [7, 11) is 0. The molecule has 1 nitrogen and oxygen atoms in total. The van der Waals surface area contributed by atoms with Crippen molar-refractivity contribution >= 4 is 15.9 Å². The van der Waals surface area contributed by atoms with Crippen LogP contribution in [0.1, 0.15) is 22.6 Å². The van der Waals surface area contributed by atoms with Crippen LogP contribution in [0.3, 0.4) is 0 Å². The number of rotatable bonds is 1. The predicted molar refractivity (Wildman–Crippen MR) is 72.1 cm³/mol. The van der Waals surface area contributed by atoms with Gasteiger partial charge < -0.3 is 4.74 Å². The van der Waals surface area contributed by atoms with E-state index >= 15 is 0 Å². The van der Waals surface area contributed by atoms with Crippen LogP contribution in [0.15, 0.2) is 53.0 Å². The second kappa shape index (κ2) is 4.63. The van der Waals surface area contributed by atoms with Gasteiger partial charge in [-0.25, -0.2) is 0 Å². The Bertz CT molecular complexity index is 519. The first kappa shape index (κ1) is 11.0. The summed E-state index contributed by atoms with van der Waals surface area (Å²) in [5, 5.41) is 0. The van der Waals surface area contributed by atoms with Crippen molar-refractivity contribution in [3.63, 3.8) is 0 Å². The minimum absolute atomic E-state index is 0.369. The summed E-state index contributed by atoms with van der Waals surface area (Å²) in [5.41, 5.74) is 4.04. The minimum atomic E-state index is 0.369. The monoisotopic (exact) mass is 288 g/mol. The zero-order chi connectivity index (χ0) is 11.7. The Kier molecular flexibility index (Phi) is 3.00. The molecule has 0 radical (unpaired) electrons. The Hall–Kier alpha value is -1.12. The summed E-state index contributed by atoms with van der Waals surface area (Å²) in [6, 6.07) is 17.1. The van der Waals surface area contributed by atoms with Gasteiger partial charge in [0, 0.05) is 10.4 Å². The van der Waals surface area contributed by atoms with Gasteiger partial charge in [0.2, 0.25) is 0 Å². The number of benzene rings is 2. The molecule has 17 heavy (non-hydrogen) atoms. The van der Waals surface area contributed by atoms with E-state index in [0.717, 1.165) is 17.7 Å². The lowest BCUT2D eigenvalue weighted by molar-refractivity contribution is 0.0994. The average molecular weight is 289 g/mol. The minimum Gasteiger partial charge on any atom is -0.376 e. The van der Waals surface area contributed by atoms with Crippen LogP contribution in [0.2, 0.25) is 0 Å². The second-order valence-corrected chi connectivity index (χ2v) is 5.23. The maximum Gasteiger partial charge on any atom is 0.0720 e. The van der Waals surface area contributed by atoms with Crippen molar-refractivity contribution in [1.82, 2.24) is 0 Å². The molecule has 1 atom stereocenters. The third-order valence-corrected chi connectivity index (χ3v) is 3.77. The molecule has 0 fully saturated rings. The molecule has 1 unspecified atom stereocenters. The van der Waals surface area contributed by atoms with Gasteiger partial charge in [-0.2, -0.15) is 0 Å². The molecular weight excluding hydrogens is 276 g/mol. The number of hydrogen-bond donors (Lipinski definition) is 0. The van der Waals surface area contributed by atoms with E-state index in [4.69, 9.17) is 4.74 Å². The molecule has 86 valence electrons. The van der Waals surface area contributed by atoms with Gasteiger partial charge in [0.05, 0.1) is 13.2 Å². The first-order valence-corrected chi connectivity index (χ1v) is 6.55. The topological polar surface area (TPSA) is 9.23 Å². The Morgan fingerprint density at radius 3 is 2.59 bits per heavy atom. The molecule has 2 aromatic rings. The van der Waals surface area contributed by atoms with E-state index in [1.165, 1.54) is 16.7 Å². The smallest absolute Gasteiger partial charge is 0.0720 e. The van der Waals surface area contributed by atoms with Crippen molar-refractivity contribution < 1.29 is 4.74 Å². The van der Waals surface area contributed by atoms with Gasteiger partial charge in [-0.05, 0) is 28.8 Å². The zero-order valence-corrected chi connectivity index (χ0v) is 11.0. The van der Waals surface area contributed by atoms with Crippen LogP contribution >= 0.6 is 15.9 Å². The highest BCUT2D eigenvalue weighted by atomic mass is 79.9. The quantitative estimate of drug-likeness (QED) is 0.767. The van der Waals surface area contributed by atoms with Crippen LogP contribution in [0.5, 0.6) is 0 Å². The Morgan fingerprint density at radius 2 is 1.76 bits per heavy atom. The zero-order valence-electron chi connectivity index (χ0n) is 9.40. The maximum absolute atomic E-state index is 5.68. The maximum atomic E-state index is 5.68. The molecule has 0 saturated heterocycles. The van der Waals surface area contributed by atoms with Gasteiger partial charge in [-0.15, -0.1) is 0 Å². The molecule has 0 bridgehead atoms. The molecule has 0 amide bonds. The lowest BCUT2D eigenvalue weighted by Crippen LogP contribution is -2.17. The van der Waals surface area contributed by atoms with Crippen LogP contribution in [0.25, 0.3) is 0 Å². The molecule has 1 heterocycles. The van der Waals surface area contributed by atoms with Crippen LogP contribution in [-0.4, -0.2) is 6.61 Å². The number of hydrogen-bond acceptors (Lipinski definition) is 1. The second-order valence-electron chi connectivity index (χ2n) is 4.32. The van der Waals surface area contributed by atoms with Gasteiger partial charge in [0.1, 0.15) is 0 Å². The highest BCUT2D eigenvalue weighted by Gasteiger charge is 2.21. The van der Waals surface area contributed by atoms with E-state index in [-0.39, 0.29) is 0 Å². The van der Waals surface area contributed by atoms with Crippen molar-refractivity contribution in [2.24, 2.45) is 0 Å². The molecular formula is C15H13BrO. The summed E-state index contributed by atoms with van der Waals surface area (Å²) < 4.78 is 6.80. The van der Waals surface area contributed by atoms with Gasteiger partial charge in [-0.1, -0.05) is 52.3 Å². The summed E-state index contributed by atoms with van der Waals surface area (Å²) in [6.45, 7) is 1.52. The fourth-order valence-electron chi connectivity index (χ4n) is 2.35. The number of halogens is 1. The van der Waals surface area contributed by atoms with Gasteiger partial charge in [0.15, 0.2) is 0 Å².